The number of aryl methyl sites for hydroxylation is 1. The molecule has 0 fully saturated rings. The predicted octanol–water partition coefficient (Wildman–Crippen LogP) is 3.09. The molecule has 1 atom stereocenters. The molecule has 0 aliphatic heterocycles. The number of rotatable bonds is 7. The van der Waals surface area contributed by atoms with Crippen molar-refractivity contribution in [1.29, 1.82) is 0 Å². The molecule has 0 aliphatic rings. The molecule has 1 aromatic rings. The minimum atomic E-state index is 0.583. The Hall–Kier alpha value is -0.510. The standard InChI is InChI=1S/C11H19BrN2O/c1-3-5-14-8-11(7-13-14)15-9-10(4-2)6-12/h7-8,10H,3-6,9H2,1-2H3. The largest absolute Gasteiger partial charge is 0.490 e. The Balaban J connectivity index is 2.36. The van der Waals surface area contributed by atoms with Crippen LogP contribution in [0, 0.1) is 5.92 Å². The van der Waals surface area contributed by atoms with Gasteiger partial charge in [0, 0.05) is 17.8 Å². The van der Waals surface area contributed by atoms with Crippen LogP contribution in [0.5, 0.6) is 5.75 Å². The van der Waals surface area contributed by atoms with Gasteiger partial charge in [0.15, 0.2) is 5.75 Å². The molecule has 0 aliphatic carbocycles. The van der Waals surface area contributed by atoms with Gasteiger partial charge in [0.05, 0.1) is 19.0 Å². The van der Waals surface area contributed by atoms with Crippen LogP contribution in [0.15, 0.2) is 12.4 Å². The molecule has 0 bridgehead atoms. The van der Waals surface area contributed by atoms with E-state index >= 15 is 0 Å². The van der Waals surface area contributed by atoms with Gasteiger partial charge in [-0.2, -0.15) is 5.10 Å². The Morgan fingerprint density at radius 1 is 1.53 bits per heavy atom. The van der Waals surface area contributed by atoms with Crippen molar-refractivity contribution in [3.8, 4) is 5.75 Å². The molecule has 0 saturated heterocycles. The second-order valence-corrected chi connectivity index (χ2v) is 4.33. The van der Waals surface area contributed by atoms with E-state index in [0.29, 0.717) is 5.92 Å². The molecule has 0 N–H and O–H groups in total. The van der Waals surface area contributed by atoms with Gasteiger partial charge >= 0.3 is 0 Å². The molecule has 1 heterocycles. The smallest absolute Gasteiger partial charge is 0.157 e. The molecule has 0 amide bonds. The monoisotopic (exact) mass is 274 g/mol. The Morgan fingerprint density at radius 2 is 2.33 bits per heavy atom. The maximum Gasteiger partial charge on any atom is 0.157 e. The SMILES string of the molecule is CCCn1cc(OCC(CC)CBr)cn1. The molecule has 1 unspecified atom stereocenters. The summed E-state index contributed by atoms with van der Waals surface area (Å²) in [7, 11) is 0. The molecule has 3 nitrogen and oxygen atoms in total. The van der Waals surface area contributed by atoms with E-state index in [0.717, 1.165) is 37.1 Å². The van der Waals surface area contributed by atoms with Crippen molar-refractivity contribution in [2.75, 3.05) is 11.9 Å². The van der Waals surface area contributed by atoms with Gasteiger partial charge in [-0.1, -0.05) is 29.8 Å². The van der Waals surface area contributed by atoms with Crippen molar-refractivity contribution >= 4 is 15.9 Å². The second-order valence-electron chi connectivity index (χ2n) is 3.68. The van der Waals surface area contributed by atoms with Gasteiger partial charge in [-0.05, 0) is 12.8 Å². The van der Waals surface area contributed by atoms with E-state index in [2.05, 4.69) is 34.9 Å². The summed E-state index contributed by atoms with van der Waals surface area (Å²) >= 11 is 3.48. The first-order chi connectivity index (χ1) is 7.30. The molecule has 0 spiro atoms. The van der Waals surface area contributed by atoms with Crippen LogP contribution >= 0.6 is 15.9 Å². The fourth-order valence-electron chi connectivity index (χ4n) is 1.26. The minimum Gasteiger partial charge on any atom is -0.490 e. The quantitative estimate of drug-likeness (QED) is 0.715. The third kappa shape index (κ3) is 4.24. The molecular formula is C11H19BrN2O. The number of ether oxygens (including phenoxy) is 1. The normalized spacial score (nSPS) is 12.7. The molecular weight excluding hydrogens is 256 g/mol. The summed E-state index contributed by atoms with van der Waals surface area (Å²) in [5, 5.41) is 5.21. The number of aromatic nitrogens is 2. The average Bonchev–Trinajstić information content (AvgIpc) is 2.68. The molecule has 0 aromatic carbocycles. The lowest BCUT2D eigenvalue weighted by Crippen LogP contribution is -2.12. The van der Waals surface area contributed by atoms with Crippen LogP contribution in [-0.2, 0) is 6.54 Å². The van der Waals surface area contributed by atoms with Crippen LogP contribution in [0.1, 0.15) is 26.7 Å². The molecule has 15 heavy (non-hydrogen) atoms. The van der Waals surface area contributed by atoms with Crippen LogP contribution in [0.25, 0.3) is 0 Å². The Morgan fingerprint density at radius 3 is 2.93 bits per heavy atom. The summed E-state index contributed by atoms with van der Waals surface area (Å²) in [6, 6.07) is 0. The molecule has 4 heteroatoms. The number of hydrogen-bond donors (Lipinski definition) is 0. The van der Waals surface area contributed by atoms with Gasteiger partial charge in [-0.3, -0.25) is 4.68 Å². The van der Waals surface area contributed by atoms with Gasteiger partial charge in [0.1, 0.15) is 0 Å². The third-order valence-corrected chi connectivity index (χ3v) is 3.26. The zero-order chi connectivity index (χ0) is 11.1. The lowest BCUT2D eigenvalue weighted by Gasteiger charge is -2.11. The lowest BCUT2D eigenvalue weighted by molar-refractivity contribution is 0.260. The van der Waals surface area contributed by atoms with Crippen LogP contribution in [0.4, 0.5) is 0 Å². The molecule has 1 aromatic heterocycles. The number of alkyl halides is 1. The Kier molecular flexibility index (Phi) is 5.76. The highest BCUT2D eigenvalue weighted by Gasteiger charge is 2.06. The first kappa shape index (κ1) is 12.6. The summed E-state index contributed by atoms with van der Waals surface area (Å²) in [4.78, 5) is 0. The number of nitrogens with zero attached hydrogens (tertiary/aromatic N) is 2. The topological polar surface area (TPSA) is 27.1 Å². The van der Waals surface area contributed by atoms with Crippen LogP contribution in [0.3, 0.4) is 0 Å². The lowest BCUT2D eigenvalue weighted by atomic mass is 10.1. The first-order valence-corrected chi connectivity index (χ1v) is 6.63. The number of halogens is 1. The Labute approximate surface area is 99.9 Å². The highest BCUT2D eigenvalue weighted by Crippen LogP contribution is 2.13. The third-order valence-electron chi connectivity index (χ3n) is 2.34. The van der Waals surface area contributed by atoms with Crippen molar-refractivity contribution in [3.63, 3.8) is 0 Å². The van der Waals surface area contributed by atoms with Gasteiger partial charge in [0.25, 0.3) is 0 Å². The summed E-state index contributed by atoms with van der Waals surface area (Å²) in [6.45, 7) is 6.04. The van der Waals surface area contributed by atoms with Gasteiger partial charge in [0.2, 0.25) is 0 Å². The van der Waals surface area contributed by atoms with Crippen molar-refractivity contribution in [3.05, 3.63) is 12.4 Å². The van der Waals surface area contributed by atoms with Gasteiger partial charge in [-0.15, -0.1) is 0 Å². The van der Waals surface area contributed by atoms with E-state index in [1.54, 1.807) is 6.20 Å². The summed E-state index contributed by atoms with van der Waals surface area (Å²) in [6.07, 6.45) is 5.98. The Bertz CT molecular complexity index is 271. The van der Waals surface area contributed by atoms with Crippen LogP contribution in [0.2, 0.25) is 0 Å². The molecule has 0 saturated carbocycles. The zero-order valence-electron chi connectivity index (χ0n) is 9.45. The number of hydrogen-bond acceptors (Lipinski definition) is 2. The fourth-order valence-corrected chi connectivity index (χ4v) is 1.90. The van der Waals surface area contributed by atoms with E-state index in [1.165, 1.54) is 0 Å². The van der Waals surface area contributed by atoms with E-state index in [-0.39, 0.29) is 0 Å². The fraction of sp³-hybridized carbons (Fsp3) is 0.727. The van der Waals surface area contributed by atoms with Gasteiger partial charge in [-0.25, -0.2) is 0 Å². The summed E-state index contributed by atoms with van der Waals surface area (Å²) in [5.74, 6) is 1.46. The average molecular weight is 275 g/mol. The van der Waals surface area contributed by atoms with Crippen molar-refractivity contribution < 1.29 is 4.74 Å². The highest BCUT2D eigenvalue weighted by molar-refractivity contribution is 9.09. The zero-order valence-corrected chi connectivity index (χ0v) is 11.0. The van der Waals surface area contributed by atoms with Crippen molar-refractivity contribution in [2.24, 2.45) is 5.92 Å². The predicted molar refractivity (Wildman–Crippen MR) is 65.6 cm³/mol. The summed E-state index contributed by atoms with van der Waals surface area (Å²) < 4.78 is 7.58. The maximum atomic E-state index is 5.66. The molecule has 86 valence electrons. The van der Waals surface area contributed by atoms with Crippen molar-refractivity contribution in [2.45, 2.75) is 33.2 Å². The van der Waals surface area contributed by atoms with Crippen molar-refractivity contribution in [1.82, 2.24) is 9.78 Å². The van der Waals surface area contributed by atoms with E-state index < -0.39 is 0 Å². The van der Waals surface area contributed by atoms with E-state index in [9.17, 15) is 0 Å². The van der Waals surface area contributed by atoms with E-state index in [1.807, 2.05) is 10.9 Å². The van der Waals surface area contributed by atoms with Gasteiger partial charge < -0.3 is 4.74 Å². The van der Waals surface area contributed by atoms with Crippen LogP contribution < -0.4 is 4.74 Å². The minimum absolute atomic E-state index is 0.583. The molecule has 0 radical (unpaired) electrons. The maximum absolute atomic E-state index is 5.66. The van der Waals surface area contributed by atoms with Crippen LogP contribution in [-0.4, -0.2) is 21.7 Å². The highest BCUT2D eigenvalue weighted by atomic mass is 79.9. The summed E-state index contributed by atoms with van der Waals surface area (Å²) in [5.41, 5.74) is 0. The first-order valence-electron chi connectivity index (χ1n) is 5.51. The second kappa shape index (κ2) is 6.88. The van der Waals surface area contributed by atoms with E-state index in [4.69, 9.17) is 4.74 Å². The molecule has 1 rings (SSSR count).